The van der Waals surface area contributed by atoms with Gasteiger partial charge in [0.15, 0.2) is 5.82 Å². The maximum atomic E-state index is 13.1. The summed E-state index contributed by atoms with van der Waals surface area (Å²) in [5.41, 5.74) is 3.19. The molecule has 1 fully saturated rings. The van der Waals surface area contributed by atoms with E-state index in [2.05, 4.69) is 30.6 Å². The van der Waals surface area contributed by atoms with E-state index in [0.29, 0.717) is 5.69 Å². The summed E-state index contributed by atoms with van der Waals surface area (Å²) in [5.74, 6) is 0.507. The van der Waals surface area contributed by atoms with Crippen LogP contribution in [0.1, 0.15) is 12.8 Å². The number of benzene rings is 2. The number of carbonyl (C=O) groups excluding carboxylic acids is 1. The highest BCUT2D eigenvalue weighted by atomic mass is 19.1. The van der Waals surface area contributed by atoms with E-state index in [4.69, 9.17) is 0 Å². The van der Waals surface area contributed by atoms with Crippen LogP contribution in [-0.2, 0) is 4.79 Å². The van der Waals surface area contributed by atoms with Crippen molar-refractivity contribution in [2.45, 2.75) is 12.8 Å². The van der Waals surface area contributed by atoms with Gasteiger partial charge in [-0.15, -0.1) is 10.2 Å². The summed E-state index contributed by atoms with van der Waals surface area (Å²) in [6.45, 7) is 1.48. The summed E-state index contributed by atoms with van der Waals surface area (Å²) in [6.07, 6.45) is 3.25. The normalized spacial score (nSPS) is 14.7. The van der Waals surface area contributed by atoms with Crippen molar-refractivity contribution < 1.29 is 9.18 Å². The highest BCUT2D eigenvalue weighted by Gasteiger charge is 2.26. The Morgan fingerprint density at radius 2 is 1.84 bits per heavy atom. The molecule has 0 bridgehead atoms. The summed E-state index contributed by atoms with van der Waals surface area (Å²) in [4.78, 5) is 14.8. The van der Waals surface area contributed by atoms with Gasteiger partial charge in [-0.3, -0.25) is 9.89 Å². The molecule has 31 heavy (non-hydrogen) atoms. The lowest BCUT2D eigenvalue weighted by Gasteiger charge is -2.31. The molecule has 2 aromatic heterocycles. The zero-order valence-corrected chi connectivity index (χ0v) is 16.8. The third-order valence-electron chi connectivity index (χ3n) is 5.69. The van der Waals surface area contributed by atoms with E-state index >= 15 is 0 Å². The molecule has 4 aromatic rings. The van der Waals surface area contributed by atoms with Gasteiger partial charge < -0.3 is 10.2 Å². The summed E-state index contributed by atoms with van der Waals surface area (Å²) in [7, 11) is 0. The number of H-pyrrole nitrogens is 1. The number of halogens is 1. The van der Waals surface area contributed by atoms with E-state index < -0.39 is 0 Å². The minimum Gasteiger partial charge on any atom is -0.355 e. The van der Waals surface area contributed by atoms with Gasteiger partial charge >= 0.3 is 0 Å². The summed E-state index contributed by atoms with van der Waals surface area (Å²) in [6, 6.07) is 15.7. The van der Waals surface area contributed by atoms with E-state index in [0.717, 1.165) is 53.9 Å². The molecular formula is C23H21FN6O. The maximum Gasteiger partial charge on any atom is 0.227 e. The van der Waals surface area contributed by atoms with Crippen molar-refractivity contribution in [2.75, 3.05) is 23.3 Å². The first kappa shape index (κ1) is 19.2. The van der Waals surface area contributed by atoms with Crippen molar-refractivity contribution in [3.05, 3.63) is 66.6 Å². The van der Waals surface area contributed by atoms with Gasteiger partial charge in [-0.2, -0.15) is 5.10 Å². The highest BCUT2D eigenvalue weighted by Crippen LogP contribution is 2.25. The summed E-state index contributed by atoms with van der Waals surface area (Å²) < 4.78 is 13.1. The number of aromatic amines is 1. The van der Waals surface area contributed by atoms with Crippen molar-refractivity contribution in [1.82, 2.24) is 20.4 Å². The van der Waals surface area contributed by atoms with E-state index in [1.165, 1.54) is 12.1 Å². The summed E-state index contributed by atoms with van der Waals surface area (Å²) >= 11 is 0. The van der Waals surface area contributed by atoms with Crippen LogP contribution < -0.4 is 10.2 Å². The van der Waals surface area contributed by atoms with Crippen LogP contribution in [0.15, 0.2) is 60.8 Å². The fourth-order valence-corrected chi connectivity index (χ4v) is 3.90. The van der Waals surface area contributed by atoms with E-state index in [-0.39, 0.29) is 17.6 Å². The molecule has 1 saturated heterocycles. The molecule has 156 valence electrons. The van der Waals surface area contributed by atoms with E-state index in [9.17, 15) is 9.18 Å². The number of nitrogens with zero attached hydrogens (tertiary/aromatic N) is 4. The number of hydrogen-bond donors (Lipinski definition) is 2. The number of piperidine rings is 1. The monoisotopic (exact) mass is 416 g/mol. The molecule has 0 spiro atoms. The standard InChI is InChI=1S/C23H21FN6O/c24-18-4-1-15(2-5-18)20-7-8-22(29-28-20)30-11-9-16(10-12-30)23(31)26-19-6-3-17-14-25-27-21(17)13-19/h1-8,13-14,16H,9-12H2,(H,25,27)(H,26,31). The van der Waals surface area contributed by atoms with Crippen LogP contribution in [0.25, 0.3) is 22.2 Å². The maximum absolute atomic E-state index is 13.1. The van der Waals surface area contributed by atoms with Crippen LogP contribution in [-0.4, -0.2) is 39.4 Å². The molecule has 5 rings (SSSR count). The van der Waals surface area contributed by atoms with Crippen molar-refractivity contribution >= 4 is 28.3 Å². The largest absolute Gasteiger partial charge is 0.355 e. The smallest absolute Gasteiger partial charge is 0.227 e. The third kappa shape index (κ3) is 4.09. The number of amides is 1. The van der Waals surface area contributed by atoms with Crippen molar-refractivity contribution in [3.63, 3.8) is 0 Å². The van der Waals surface area contributed by atoms with Gasteiger partial charge in [-0.25, -0.2) is 4.39 Å². The second-order valence-electron chi connectivity index (χ2n) is 7.71. The van der Waals surface area contributed by atoms with Gasteiger partial charge in [0.1, 0.15) is 5.82 Å². The lowest BCUT2D eigenvalue weighted by atomic mass is 9.95. The minimum absolute atomic E-state index is 0.0382. The molecule has 0 aliphatic carbocycles. The lowest BCUT2D eigenvalue weighted by Crippen LogP contribution is -2.38. The molecule has 2 aromatic carbocycles. The molecule has 1 aliphatic rings. The fraction of sp³-hybridized carbons (Fsp3) is 0.217. The molecule has 1 aliphatic heterocycles. The average Bonchev–Trinajstić information content (AvgIpc) is 3.28. The van der Waals surface area contributed by atoms with Crippen LogP contribution >= 0.6 is 0 Å². The predicted octanol–water partition coefficient (Wildman–Crippen LogP) is 4.01. The molecule has 3 heterocycles. The lowest BCUT2D eigenvalue weighted by molar-refractivity contribution is -0.120. The quantitative estimate of drug-likeness (QED) is 0.525. The van der Waals surface area contributed by atoms with Gasteiger partial charge in [-0.05, 0) is 67.4 Å². The Kier molecular flexibility index (Phi) is 5.03. The average molecular weight is 416 g/mol. The van der Waals surface area contributed by atoms with Gasteiger partial charge in [0.25, 0.3) is 0 Å². The second kappa shape index (κ2) is 8.14. The van der Waals surface area contributed by atoms with Gasteiger partial charge in [0.2, 0.25) is 5.91 Å². The van der Waals surface area contributed by atoms with Gasteiger partial charge in [0.05, 0.1) is 17.4 Å². The van der Waals surface area contributed by atoms with Crippen molar-refractivity contribution in [3.8, 4) is 11.3 Å². The third-order valence-corrected chi connectivity index (χ3v) is 5.69. The Labute approximate surface area is 178 Å². The number of nitrogens with one attached hydrogen (secondary N) is 2. The van der Waals surface area contributed by atoms with E-state index in [1.807, 2.05) is 30.3 Å². The highest BCUT2D eigenvalue weighted by molar-refractivity contribution is 5.95. The Bertz CT molecular complexity index is 1200. The molecule has 1 amide bonds. The molecule has 0 saturated carbocycles. The van der Waals surface area contributed by atoms with Gasteiger partial charge in [-0.1, -0.05) is 0 Å². The predicted molar refractivity (Wildman–Crippen MR) is 117 cm³/mol. The Hall–Kier alpha value is -3.81. The number of anilines is 2. The number of fused-ring (bicyclic) bond motifs is 1. The molecule has 7 nitrogen and oxygen atoms in total. The van der Waals surface area contributed by atoms with Crippen LogP contribution in [0.5, 0.6) is 0 Å². The second-order valence-corrected chi connectivity index (χ2v) is 7.71. The van der Waals surface area contributed by atoms with Crippen LogP contribution in [0.4, 0.5) is 15.9 Å². The fourth-order valence-electron chi connectivity index (χ4n) is 3.90. The molecule has 8 heteroatoms. The molecule has 0 unspecified atom stereocenters. The SMILES string of the molecule is O=C(Nc1ccc2cn[nH]c2c1)C1CCN(c2ccc(-c3ccc(F)cc3)nn2)CC1. The topological polar surface area (TPSA) is 86.8 Å². The Morgan fingerprint density at radius 3 is 2.58 bits per heavy atom. The molecule has 0 radical (unpaired) electrons. The zero-order chi connectivity index (χ0) is 21.2. The first-order valence-electron chi connectivity index (χ1n) is 10.2. The Balaban J connectivity index is 1.18. The summed E-state index contributed by atoms with van der Waals surface area (Å²) in [5, 5.41) is 19.6. The van der Waals surface area contributed by atoms with Crippen LogP contribution in [0.2, 0.25) is 0 Å². The Morgan fingerprint density at radius 1 is 1.03 bits per heavy atom. The zero-order valence-electron chi connectivity index (χ0n) is 16.8. The molecular weight excluding hydrogens is 395 g/mol. The van der Waals surface area contributed by atoms with Crippen molar-refractivity contribution in [1.29, 1.82) is 0 Å². The van der Waals surface area contributed by atoms with Crippen LogP contribution in [0, 0.1) is 11.7 Å². The number of carbonyl (C=O) groups is 1. The molecule has 2 N–H and O–H groups in total. The number of hydrogen-bond acceptors (Lipinski definition) is 5. The number of aromatic nitrogens is 4. The first-order chi connectivity index (χ1) is 15.2. The number of rotatable bonds is 4. The minimum atomic E-state index is -0.276. The van der Waals surface area contributed by atoms with E-state index in [1.54, 1.807) is 18.3 Å². The van der Waals surface area contributed by atoms with Crippen LogP contribution in [0.3, 0.4) is 0 Å². The van der Waals surface area contributed by atoms with Gasteiger partial charge in [0, 0.05) is 35.6 Å². The molecule has 0 atom stereocenters. The van der Waals surface area contributed by atoms with Crippen molar-refractivity contribution in [2.24, 2.45) is 5.92 Å². The first-order valence-corrected chi connectivity index (χ1v) is 10.2.